The summed E-state index contributed by atoms with van der Waals surface area (Å²) in [6, 6.07) is 16.9. The second kappa shape index (κ2) is 9.19. The van der Waals surface area contributed by atoms with Crippen molar-refractivity contribution in [3.05, 3.63) is 71.8 Å². The van der Waals surface area contributed by atoms with Gasteiger partial charge in [0.1, 0.15) is 16.8 Å². The van der Waals surface area contributed by atoms with Crippen LogP contribution in [-0.2, 0) is 15.8 Å². The zero-order valence-electron chi connectivity index (χ0n) is 17.7. The first-order valence-corrected chi connectivity index (χ1v) is 10.9. The number of carbonyl (C=O) groups is 2. The second-order valence-corrected chi connectivity index (χ2v) is 8.48. The minimum Gasteiger partial charge on any atom is -0.497 e. The summed E-state index contributed by atoms with van der Waals surface area (Å²) in [5.41, 5.74) is -1.07. The number of carbonyl (C=O) groups excluding carboxylic acids is 2. The number of halogens is 3. The molecular weight excluding hydrogens is 467 g/mol. The van der Waals surface area contributed by atoms with Gasteiger partial charge in [0.15, 0.2) is 0 Å². The van der Waals surface area contributed by atoms with Crippen molar-refractivity contribution in [1.82, 2.24) is 4.98 Å². The van der Waals surface area contributed by atoms with E-state index in [0.29, 0.717) is 28.8 Å². The maximum absolute atomic E-state index is 13.8. The smallest absolute Gasteiger partial charge is 0.417 e. The third-order valence-electron chi connectivity index (χ3n) is 5.16. The summed E-state index contributed by atoms with van der Waals surface area (Å²) in [5.74, 6) is -0.556. The Morgan fingerprint density at radius 2 is 1.79 bits per heavy atom. The van der Waals surface area contributed by atoms with Crippen molar-refractivity contribution >= 4 is 29.3 Å². The summed E-state index contributed by atoms with van der Waals surface area (Å²) < 4.78 is 46.4. The van der Waals surface area contributed by atoms with Crippen LogP contribution < -0.4 is 9.64 Å². The predicted octanol–water partition coefficient (Wildman–Crippen LogP) is 5.07. The SMILES string of the molecule is COc1ccc(N2C(=O)C[C@@H](Sc3nc(-c4ccccc4)cc(C(F)(F)F)c3C#N)C2=O)cc1. The molecule has 0 bridgehead atoms. The van der Waals surface area contributed by atoms with Crippen LogP contribution in [0.5, 0.6) is 5.75 Å². The second-order valence-electron chi connectivity index (χ2n) is 7.29. The van der Waals surface area contributed by atoms with Gasteiger partial charge in [-0.1, -0.05) is 42.1 Å². The molecule has 3 aromatic rings. The van der Waals surface area contributed by atoms with E-state index in [9.17, 15) is 28.0 Å². The number of rotatable bonds is 5. The third-order valence-corrected chi connectivity index (χ3v) is 6.33. The molecule has 34 heavy (non-hydrogen) atoms. The number of alkyl halides is 3. The number of imide groups is 1. The lowest BCUT2D eigenvalue weighted by molar-refractivity contribution is -0.138. The van der Waals surface area contributed by atoms with Gasteiger partial charge in [-0.25, -0.2) is 9.88 Å². The van der Waals surface area contributed by atoms with E-state index in [0.717, 1.165) is 11.0 Å². The Bertz CT molecular complexity index is 1290. The van der Waals surface area contributed by atoms with Gasteiger partial charge in [0.05, 0.1) is 34.9 Å². The number of ether oxygens (including phenoxy) is 1. The van der Waals surface area contributed by atoms with Crippen molar-refractivity contribution in [3.8, 4) is 23.1 Å². The zero-order valence-corrected chi connectivity index (χ0v) is 18.5. The van der Waals surface area contributed by atoms with Crippen LogP contribution in [-0.4, -0.2) is 29.2 Å². The number of benzene rings is 2. The van der Waals surface area contributed by atoms with Gasteiger partial charge in [-0.05, 0) is 30.3 Å². The summed E-state index contributed by atoms with van der Waals surface area (Å²) in [5, 5.41) is 8.24. The molecule has 1 aliphatic heterocycles. The van der Waals surface area contributed by atoms with Crippen molar-refractivity contribution in [2.24, 2.45) is 0 Å². The van der Waals surface area contributed by atoms with Crippen LogP contribution in [0.2, 0.25) is 0 Å². The number of anilines is 1. The molecule has 0 saturated carbocycles. The summed E-state index contributed by atoms with van der Waals surface area (Å²) in [6.07, 6.45) is -5.05. The van der Waals surface area contributed by atoms with Crippen molar-refractivity contribution in [3.63, 3.8) is 0 Å². The minimum atomic E-state index is -4.81. The topological polar surface area (TPSA) is 83.3 Å². The molecule has 0 spiro atoms. The molecule has 0 aliphatic carbocycles. The fourth-order valence-corrected chi connectivity index (χ4v) is 4.65. The lowest BCUT2D eigenvalue weighted by Crippen LogP contribution is -2.31. The van der Waals surface area contributed by atoms with Gasteiger partial charge >= 0.3 is 6.18 Å². The largest absolute Gasteiger partial charge is 0.497 e. The highest BCUT2D eigenvalue weighted by Gasteiger charge is 2.42. The molecule has 1 atom stereocenters. The summed E-state index contributed by atoms with van der Waals surface area (Å²) in [6.45, 7) is 0. The van der Waals surface area contributed by atoms with E-state index in [4.69, 9.17) is 4.74 Å². The van der Waals surface area contributed by atoms with Crippen molar-refractivity contribution in [1.29, 1.82) is 5.26 Å². The van der Waals surface area contributed by atoms with Crippen molar-refractivity contribution in [2.45, 2.75) is 22.9 Å². The maximum Gasteiger partial charge on any atom is 0.417 e. The van der Waals surface area contributed by atoms with Crippen LogP contribution in [0.25, 0.3) is 11.3 Å². The Morgan fingerprint density at radius 1 is 1.12 bits per heavy atom. The number of amides is 2. The van der Waals surface area contributed by atoms with E-state index in [1.54, 1.807) is 60.7 Å². The zero-order chi connectivity index (χ0) is 24.5. The quantitative estimate of drug-likeness (QED) is 0.471. The highest BCUT2D eigenvalue weighted by Crippen LogP contribution is 2.41. The van der Waals surface area contributed by atoms with Gasteiger partial charge < -0.3 is 4.74 Å². The molecule has 1 fully saturated rings. The van der Waals surface area contributed by atoms with Gasteiger partial charge in [-0.2, -0.15) is 18.4 Å². The number of methoxy groups -OCH3 is 1. The van der Waals surface area contributed by atoms with Gasteiger partial charge in [0.25, 0.3) is 0 Å². The molecule has 1 aromatic heterocycles. The van der Waals surface area contributed by atoms with Crippen LogP contribution >= 0.6 is 11.8 Å². The summed E-state index contributed by atoms with van der Waals surface area (Å²) >= 11 is 0.689. The molecule has 0 unspecified atom stereocenters. The van der Waals surface area contributed by atoms with E-state index in [2.05, 4.69) is 4.98 Å². The lowest BCUT2D eigenvalue weighted by atomic mass is 10.1. The van der Waals surface area contributed by atoms with Gasteiger partial charge in [-0.15, -0.1) is 0 Å². The molecular formula is C24H16F3N3O3S. The van der Waals surface area contributed by atoms with Crippen LogP contribution in [0.1, 0.15) is 17.5 Å². The minimum absolute atomic E-state index is 0.0122. The predicted molar refractivity (Wildman–Crippen MR) is 119 cm³/mol. The average Bonchev–Trinajstić information content (AvgIpc) is 3.11. The number of aromatic nitrogens is 1. The number of thioether (sulfide) groups is 1. The lowest BCUT2D eigenvalue weighted by Gasteiger charge is -2.17. The van der Waals surface area contributed by atoms with E-state index in [1.807, 2.05) is 0 Å². The van der Waals surface area contributed by atoms with Crippen molar-refractivity contribution in [2.75, 3.05) is 12.0 Å². The molecule has 0 radical (unpaired) electrons. The third kappa shape index (κ3) is 4.47. The molecule has 2 aromatic carbocycles. The van der Waals surface area contributed by atoms with Gasteiger partial charge in [-0.3, -0.25) is 9.59 Å². The summed E-state index contributed by atoms with van der Waals surface area (Å²) in [7, 11) is 1.48. The molecule has 4 rings (SSSR count). The highest BCUT2D eigenvalue weighted by atomic mass is 32.2. The fourth-order valence-electron chi connectivity index (χ4n) is 3.53. The Kier molecular flexibility index (Phi) is 6.30. The molecule has 6 nitrogen and oxygen atoms in total. The van der Waals surface area contributed by atoms with Crippen LogP contribution in [0, 0.1) is 11.3 Å². The normalized spacial score (nSPS) is 16.0. The van der Waals surface area contributed by atoms with E-state index in [1.165, 1.54) is 7.11 Å². The average molecular weight is 483 g/mol. The Morgan fingerprint density at radius 3 is 2.38 bits per heavy atom. The molecule has 1 aliphatic rings. The molecule has 2 amide bonds. The van der Waals surface area contributed by atoms with E-state index < -0.39 is 34.4 Å². The molecule has 0 N–H and O–H groups in total. The number of hydrogen-bond donors (Lipinski definition) is 0. The van der Waals surface area contributed by atoms with Gasteiger partial charge in [0.2, 0.25) is 11.8 Å². The van der Waals surface area contributed by atoms with Crippen LogP contribution in [0.4, 0.5) is 18.9 Å². The number of hydrogen-bond acceptors (Lipinski definition) is 6. The Labute approximate surface area is 197 Å². The van der Waals surface area contributed by atoms with Crippen molar-refractivity contribution < 1.29 is 27.5 Å². The molecule has 1 saturated heterocycles. The highest BCUT2D eigenvalue weighted by molar-refractivity contribution is 8.00. The van der Waals surface area contributed by atoms with E-state index >= 15 is 0 Å². The Hall–Kier alpha value is -3.84. The number of nitriles is 1. The maximum atomic E-state index is 13.8. The Balaban J connectivity index is 1.72. The molecule has 2 heterocycles. The molecule has 10 heteroatoms. The first-order chi connectivity index (χ1) is 16.2. The number of pyridine rings is 1. The fraction of sp³-hybridized carbons (Fsp3) is 0.167. The van der Waals surface area contributed by atoms with E-state index in [-0.39, 0.29) is 17.1 Å². The van der Waals surface area contributed by atoms with Crippen LogP contribution in [0.3, 0.4) is 0 Å². The first-order valence-electron chi connectivity index (χ1n) is 9.98. The standard InChI is InChI=1S/C24H16F3N3O3S/c1-33-16-9-7-15(8-10-16)30-21(31)12-20(23(30)32)34-22-17(13-28)18(24(25,26)27)11-19(29-22)14-5-3-2-4-6-14/h2-11,20H,12H2,1H3/t20-/m1/s1. The molecule has 172 valence electrons. The monoisotopic (exact) mass is 483 g/mol. The summed E-state index contributed by atoms with van der Waals surface area (Å²) in [4.78, 5) is 30.9. The number of nitrogens with zero attached hydrogens (tertiary/aromatic N) is 3. The van der Waals surface area contributed by atoms with Gasteiger partial charge in [0, 0.05) is 12.0 Å². The first kappa shape index (κ1) is 23.3. The van der Waals surface area contributed by atoms with Crippen LogP contribution in [0.15, 0.2) is 65.7 Å².